The van der Waals surface area contributed by atoms with E-state index in [2.05, 4.69) is 4.74 Å². The zero-order chi connectivity index (χ0) is 16.7. The van der Waals surface area contributed by atoms with Gasteiger partial charge in [-0.1, -0.05) is 18.2 Å². The molecule has 1 aliphatic rings. The van der Waals surface area contributed by atoms with Gasteiger partial charge in [0.15, 0.2) is 0 Å². The summed E-state index contributed by atoms with van der Waals surface area (Å²) in [6, 6.07) is 6.85. The van der Waals surface area contributed by atoms with Gasteiger partial charge in [-0.15, -0.1) is 0 Å². The van der Waals surface area contributed by atoms with Gasteiger partial charge >= 0.3 is 5.97 Å². The Morgan fingerprint density at radius 1 is 1.30 bits per heavy atom. The van der Waals surface area contributed by atoms with E-state index in [1.54, 1.807) is 6.07 Å². The van der Waals surface area contributed by atoms with Gasteiger partial charge in [0.25, 0.3) is 0 Å². The Labute approximate surface area is 136 Å². The van der Waals surface area contributed by atoms with E-state index in [0.29, 0.717) is 18.9 Å². The standard InChI is InChI=1S/C18H24FNO3/c1-23-18(22)11-10-17(21)20-12-4-5-14(13-20)8-9-15-6-2-3-7-16(15)19/h2-3,6-7,14H,4-5,8-13H2,1H3/t14-/m1/s1. The van der Waals surface area contributed by atoms with Crippen molar-refractivity contribution in [2.45, 2.75) is 38.5 Å². The van der Waals surface area contributed by atoms with Crippen LogP contribution in [0.3, 0.4) is 0 Å². The van der Waals surface area contributed by atoms with E-state index in [-0.39, 0.29) is 30.5 Å². The van der Waals surface area contributed by atoms with Crippen molar-refractivity contribution in [3.63, 3.8) is 0 Å². The van der Waals surface area contributed by atoms with Crippen LogP contribution in [0.5, 0.6) is 0 Å². The van der Waals surface area contributed by atoms with Crippen LogP contribution in [0.15, 0.2) is 24.3 Å². The van der Waals surface area contributed by atoms with Gasteiger partial charge in [0, 0.05) is 19.5 Å². The van der Waals surface area contributed by atoms with Gasteiger partial charge in [-0.2, -0.15) is 0 Å². The van der Waals surface area contributed by atoms with E-state index in [4.69, 9.17) is 0 Å². The largest absolute Gasteiger partial charge is 0.469 e. The van der Waals surface area contributed by atoms with Gasteiger partial charge in [0.05, 0.1) is 13.5 Å². The molecular weight excluding hydrogens is 297 g/mol. The number of aryl methyl sites for hydroxylation is 1. The number of carbonyl (C=O) groups is 2. The molecule has 1 fully saturated rings. The number of ether oxygens (including phenoxy) is 1. The molecule has 4 nitrogen and oxygen atoms in total. The van der Waals surface area contributed by atoms with Crippen molar-refractivity contribution < 1.29 is 18.7 Å². The number of benzene rings is 1. The van der Waals surface area contributed by atoms with Crippen molar-refractivity contribution in [3.8, 4) is 0 Å². The molecule has 0 N–H and O–H groups in total. The molecule has 5 heteroatoms. The number of carbonyl (C=O) groups excluding carboxylic acids is 2. The molecule has 0 aromatic heterocycles. The van der Waals surface area contributed by atoms with Crippen molar-refractivity contribution in [2.24, 2.45) is 5.92 Å². The lowest BCUT2D eigenvalue weighted by Crippen LogP contribution is -2.40. The summed E-state index contributed by atoms with van der Waals surface area (Å²) in [6.45, 7) is 1.45. The number of methoxy groups -OCH3 is 1. The Balaban J connectivity index is 1.80. The summed E-state index contributed by atoms with van der Waals surface area (Å²) in [5, 5.41) is 0. The molecule has 0 radical (unpaired) electrons. The fraction of sp³-hybridized carbons (Fsp3) is 0.556. The molecule has 0 saturated carbocycles. The number of hydrogen-bond donors (Lipinski definition) is 0. The average Bonchev–Trinajstić information content (AvgIpc) is 2.59. The summed E-state index contributed by atoms with van der Waals surface area (Å²) in [5.74, 6) is -0.114. The molecule has 2 rings (SSSR count). The number of likely N-dealkylation sites (tertiary alicyclic amines) is 1. The van der Waals surface area contributed by atoms with Gasteiger partial charge in [-0.05, 0) is 43.2 Å². The van der Waals surface area contributed by atoms with Crippen LogP contribution in [0.25, 0.3) is 0 Å². The third-order valence-corrected chi connectivity index (χ3v) is 4.42. The molecule has 23 heavy (non-hydrogen) atoms. The zero-order valence-corrected chi connectivity index (χ0v) is 13.6. The first-order valence-corrected chi connectivity index (χ1v) is 8.18. The minimum Gasteiger partial charge on any atom is -0.469 e. The quantitative estimate of drug-likeness (QED) is 0.757. The topological polar surface area (TPSA) is 46.6 Å². The minimum atomic E-state index is -0.355. The van der Waals surface area contributed by atoms with Crippen molar-refractivity contribution in [1.82, 2.24) is 4.90 Å². The van der Waals surface area contributed by atoms with Crippen molar-refractivity contribution in [3.05, 3.63) is 35.6 Å². The minimum absolute atomic E-state index is 0.00555. The van der Waals surface area contributed by atoms with Crippen LogP contribution in [0.4, 0.5) is 4.39 Å². The summed E-state index contributed by atoms with van der Waals surface area (Å²) >= 11 is 0. The number of nitrogens with zero attached hydrogens (tertiary/aromatic N) is 1. The number of rotatable bonds is 6. The Morgan fingerprint density at radius 2 is 2.09 bits per heavy atom. The van der Waals surface area contributed by atoms with E-state index in [1.165, 1.54) is 13.2 Å². The Morgan fingerprint density at radius 3 is 2.83 bits per heavy atom. The van der Waals surface area contributed by atoms with Crippen molar-refractivity contribution >= 4 is 11.9 Å². The Kier molecular flexibility index (Phi) is 6.56. The predicted octanol–water partition coefficient (Wildman–Crippen LogP) is 2.95. The summed E-state index contributed by atoms with van der Waals surface area (Å²) in [4.78, 5) is 25.1. The zero-order valence-electron chi connectivity index (χ0n) is 13.6. The molecule has 0 unspecified atom stereocenters. The number of halogens is 1. The van der Waals surface area contributed by atoms with E-state index in [0.717, 1.165) is 31.4 Å². The monoisotopic (exact) mass is 321 g/mol. The number of esters is 1. The van der Waals surface area contributed by atoms with Crippen LogP contribution < -0.4 is 0 Å². The molecule has 1 aliphatic heterocycles. The normalized spacial score (nSPS) is 17.8. The maximum absolute atomic E-state index is 13.7. The van der Waals surface area contributed by atoms with E-state index >= 15 is 0 Å². The lowest BCUT2D eigenvalue weighted by Gasteiger charge is -2.33. The summed E-state index contributed by atoms with van der Waals surface area (Å²) in [6.07, 6.45) is 3.93. The SMILES string of the molecule is COC(=O)CCC(=O)N1CCC[C@H](CCc2ccccc2F)C1. The summed E-state index contributed by atoms with van der Waals surface area (Å²) in [5.41, 5.74) is 0.738. The Bertz CT molecular complexity index is 547. The second-order valence-electron chi connectivity index (χ2n) is 6.05. The second-order valence-corrected chi connectivity index (χ2v) is 6.05. The van der Waals surface area contributed by atoms with Gasteiger partial charge in [-0.25, -0.2) is 4.39 Å². The first-order valence-electron chi connectivity index (χ1n) is 8.18. The third-order valence-electron chi connectivity index (χ3n) is 4.42. The van der Waals surface area contributed by atoms with E-state index in [1.807, 2.05) is 17.0 Å². The molecular formula is C18H24FNO3. The van der Waals surface area contributed by atoms with Crippen LogP contribution in [0, 0.1) is 11.7 Å². The lowest BCUT2D eigenvalue weighted by molar-refractivity contribution is -0.144. The second kappa shape index (κ2) is 8.65. The molecule has 1 atom stereocenters. The summed E-state index contributed by atoms with van der Waals surface area (Å²) < 4.78 is 18.2. The molecule has 1 amide bonds. The molecule has 0 bridgehead atoms. The van der Waals surface area contributed by atoms with Gasteiger partial charge in [0.2, 0.25) is 5.91 Å². The van der Waals surface area contributed by atoms with Crippen molar-refractivity contribution in [2.75, 3.05) is 20.2 Å². The molecule has 1 aromatic rings. The molecule has 0 spiro atoms. The van der Waals surface area contributed by atoms with E-state index in [9.17, 15) is 14.0 Å². The van der Waals surface area contributed by atoms with Crippen LogP contribution in [-0.4, -0.2) is 37.0 Å². The fourth-order valence-corrected chi connectivity index (χ4v) is 3.06. The maximum Gasteiger partial charge on any atom is 0.306 e. The number of amides is 1. The molecule has 1 heterocycles. The van der Waals surface area contributed by atoms with E-state index < -0.39 is 0 Å². The predicted molar refractivity (Wildman–Crippen MR) is 85.3 cm³/mol. The molecule has 0 aliphatic carbocycles. The summed E-state index contributed by atoms with van der Waals surface area (Å²) in [7, 11) is 1.33. The molecule has 1 aromatic carbocycles. The maximum atomic E-state index is 13.7. The van der Waals surface area contributed by atoms with Crippen LogP contribution in [0.1, 0.15) is 37.7 Å². The van der Waals surface area contributed by atoms with Crippen molar-refractivity contribution in [1.29, 1.82) is 0 Å². The first kappa shape index (κ1) is 17.4. The average molecular weight is 321 g/mol. The smallest absolute Gasteiger partial charge is 0.306 e. The van der Waals surface area contributed by atoms with Gasteiger partial charge in [0.1, 0.15) is 5.82 Å². The van der Waals surface area contributed by atoms with Crippen LogP contribution in [0.2, 0.25) is 0 Å². The molecule has 1 saturated heterocycles. The highest BCUT2D eigenvalue weighted by atomic mass is 19.1. The lowest BCUT2D eigenvalue weighted by atomic mass is 9.91. The highest BCUT2D eigenvalue weighted by molar-refractivity contribution is 5.81. The van der Waals surface area contributed by atoms with Crippen LogP contribution in [-0.2, 0) is 20.7 Å². The highest BCUT2D eigenvalue weighted by Crippen LogP contribution is 2.23. The molecule has 126 valence electrons. The number of piperidine rings is 1. The van der Waals surface area contributed by atoms with Gasteiger partial charge < -0.3 is 9.64 Å². The highest BCUT2D eigenvalue weighted by Gasteiger charge is 2.24. The third kappa shape index (κ3) is 5.34. The van der Waals surface area contributed by atoms with Gasteiger partial charge in [-0.3, -0.25) is 9.59 Å². The van der Waals surface area contributed by atoms with Crippen LogP contribution >= 0.6 is 0 Å². The first-order chi connectivity index (χ1) is 11.1. The number of hydrogen-bond acceptors (Lipinski definition) is 3. The fourth-order valence-electron chi connectivity index (χ4n) is 3.06. The Hall–Kier alpha value is -1.91.